The van der Waals surface area contributed by atoms with Gasteiger partial charge in [-0.1, -0.05) is 18.2 Å². The molecule has 1 aromatic heterocycles. The summed E-state index contributed by atoms with van der Waals surface area (Å²) in [5.74, 6) is -0.176. The van der Waals surface area contributed by atoms with E-state index in [9.17, 15) is 13.2 Å². The first-order valence-corrected chi connectivity index (χ1v) is 10.5. The van der Waals surface area contributed by atoms with E-state index in [2.05, 4.69) is 22.1 Å². The Morgan fingerprint density at radius 2 is 2.00 bits per heavy atom. The SMILES string of the molecule is COc1cc2nccc(N[C@H](C)c3cccc(C(F)F)c3F)c2cc1N1CCOC[C@H]1C. The highest BCUT2D eigenvalue weighted by atomic mass is 19.3. The number of hydrogen-bond acceptors (Lipinski definition) is 5. The minimum Gasteiger partial charge on any atom is -0.495 e. The van der Waals surface area contributed by atoms with Gasteiger partial charge in [0.05, 0.1) is 43.1 Å². The lowest BCUT2D eigenvalue weighted by Crippen LogP contribution is -2.43. The maximum atomic E-state index is 14.7. The van der Waals surface area contributed by atoms with Crippen molar-refractivity contribution < 1.29 is 22.6 Å². The Bertz CT molecular complexity index is 1110. The molecule has 0 amide bonds. The number of anilines is 2. The van der Waals surface area contributed by atoms with Crippen LogP contribution in [0.4, 0.5) is 24.5 Å². The zero-order valence-corrected chi connectivity index (χ0v) is 18.2. The molecule has 1 aliphatic rings. The van der Waals surface area contributed by atoms with Gasteiger partial charge in [-0.15, -0.1) is 0 Å². The summed E-state index contributed by atoms with van der Waals surface area (Å²) < 4.78 is 52.1. The van der Waals surface area contributed by atoms with Crippen LogP contribution < -0.4 is 15.0 Å². The standard InChI is InChI=1S/C24H26F3N3O2/c1-14-13-32-10-9-30(14)21-11-18-19(7-8-28-20(18)12-22(21)31-3)29-15(2)16-5-4-6-17(23(16)25)24(26)27/h4-8,11-12,14-15,24H,9-10,13H2,1-3H3,(H,28,29)/t14-,15-/m1/s1. The van der Waals surface area contributed by atoms with Crippen LogP contribution in [-0.2, 0) is 4.74 Å². The number of rotatable bonds is 6. The van der Waals surface area contributed by atoms with Gasteiger partial charge in [-0.05, 0) is 26.0 Å². The summed E-state index contributed by atoms with van der Waals surface area (Å²) in [6, 6.07) is 9.40. The second-order valence-electron chi connectivity index (χ2n) is 7.93. The number of morpholine rings is 1. The molecule has 1 fully saturated rings. The summed E-state index contributed by atoms with van der Waals surface area (Å²) in [6.45, 7) is 5.81. The molecule has 4 rings (SSSR count). The molecular formula is C24H26F3N3O2. The summed E-state index contributed by atoms with van der Waals surface area (Å²) in [4.78, 5) is 6.68. The van der Waals surface area contributed by atoms with Crippen molar-refractivity contribution in [3.8, 4) is 5.75 Å². The van der Waals surface area contributed by atoms with E-state index in [1.165, 1.54) is 12.1 Å². The summed E-state index contributed by atoms with van der Waals surface area (Å²) in [5.41, 5.74) is 1.96. The van der Waals surface area contributed by atoms with E-state index >= 15 is 0 Å². The summed E-state index contributed by atoms with van der Waals surface area (Å²) in [5, 5.41) is 4.11. The van der Waals surface area contributed by atoms with Crippen LogP contribution in [-0.4, -0.2) is 37.9 Å². The molecule has 2 aromatic carbocycles. The number of nitrogens with zero attached hydrogens (tertiary/aromatic N) is 2. The predicted molar refractivity (Wildman–Crippen MR) is 119 cm³/mol. The topological polar surface area (TPSA) is 46.6 Å². The molecule has 8 heteroatoms. The molecule has 32 heavy (non-hydrogen) atoms. The van der Waals surface area contributed by atoms with E-state index < -0.39 is 23.8 Å². The third kappa shape index (κ3) is 4.19. The average Bonchev–Trinajstić information content (AvgIpc) is 2.78. The number of hydrogen-bond donors (Lipinski definition) is 1. The number of aromatic nitrogens is 1. The number of fused-ring (bicyclic) bond motifs is 1. The van der Waals surface area contributed by atoms with Crippen LogP contribution in [0.5, 0.6) is 5.75 Å². The number of benzene rings is 2. The third-order valence-electron chi connectivity index (χ3n) is 5.85. The van der Waals surface area contributed by atoms with Crippen molar-refractivity contribution in [1.29, 1.82) is 0 Å². The first kappa shape index (κ1) is 22.2. The Hall–Kier alpha value is -3.00. The molecule has 5 nitrogen and oxygen atoms in total. The van der Waals surface area contributed by atoms with E-state index in [0.29, 0.717) is 24.5 Å². The van der Waals surface area contributed by atoms with E-state index in [1.807, 2.05) is 12.1 Å². The number of methoxy groups -OCH3 is 1. The van der Waals surface area contributed by atoms with Gasteiger partial charge in [0.1, 0.15) is 11.6 Å². The smallest absolute Gasteiger partial charge is 0.266 e. The van der Waals surface area contributed by atoms with Crippen LogP contribution in [0.1, 0.15) is 37.4 Å². The number of nitrogens with one attached hydrogen (secondary N) is 1. The van der Waals surface area contributed by atoms with Gasteiger partial charge in [-0.3, -0.25) is 4.98 Å². The molecule has 170 valence electrons. The van der Waals surface area contributed by atoms with Crippen LogP contribution in [0.2, 0.25) is 0 Å². The Labute approximate surface area is 185 Å². The van der Waals surface area contributed by atoms with E-state index in [-0.39, 0.29) is 11.6 Å². The molecule has 2 atom stereocenters. The first-order valence-electron chi connectivity index (χ1n) is 10.5. The van der Waals surface area contributed by atoms with Gasteiger partial charge in [0.15, 0.2) is 0 Å². The van der Waals surface area contributed by atoms with Crippen LogP contribution >= 0.6 is 0 Å². The molecule has 2 heterocycles. The monoisotopic (exact) mass is 445 g/mol. The lowest BCUT2D eigenvalue weighted by molar-refractivity contribution is 0.0987. The summed E-state index contributed by atoms with van der Waals surface area (Å²) >= 11 is 0. The first-order chi connectivity index (χ1) is 15.4. The molecule has 0 spiro atoms. The Balaban J connectivity index is 1.73. The molecule has 0 bridgehead atoms. The van der Waals surface area contributed by atoms with Crippen LogP contribution in [0, 0.1) is 5.82 Å². The molecule has 0 unspecified atom stereocenters. The highest BCUT2D eigenvalue weighted by Crippen LogP contribution is 2.38. The van der Waals surface area contributed by atoms with Gasteiger partial charge in [-0.25, -0.2) is 13.2 Å². The fourth-order valence-electron chi connectivity index (χ4n) is 4.14. The van der Waals surface area contributed by atoms with Crippen molar-refractivity contribution in [1.82, 2.24) is 4.98 Å². The number of alkyl halides is 2. The molecule has 0 saturated carbocycles. The van der Waals surface area contributed by atoms with Crippen LogP contribution in [0.3, 0.4) is 0 Å². The lowest BCUT2D eigenvalue weighted by Gasteiger charge is -2.36. The quantitative estimate of drug-likeness (QED) is 0.526. The average molecular weight is 445 g/mol. The minimum atomic E-state index is -2.87. The van der Waals surface area contributed by atoms with E-state index in [0.717, 1.165) is 29.4 Å². The van der Waals surface area contributed by atoms with Gasteiger partial charge < -0.3 is 19.7 Å². The Morgan fingerprint density at radius 1 is 1.22 bits per heavy atom. The predicted octanol–water partition coefficient (Wildman–Crippen LogP) is 5.72. The molecule has 1 aliphatic heterocycles. The molecular weight excluding hydrogens is 419 g/mol. The second-order valence-corrected chi connectivity index (χ2v) is 7.93. The summed E-state index contributed by atoms with van der Waals surface area (Å²) in [7, 11) is 1.62. The van der Waals surface area contributed by atoms with Crippen LogP contribution in [0.15, 0.2) is 42.6 Å². The van der Waals surface area contributed by atoms with Crippen molar-refractivity contribution in [3.05, 3.63) is 59.5 Å². The fraction of sp³-hybridized carbons (Fsp3) is 0.375. The molecule has 0 radical (unpaired) electrons. The highest BCUT2D eigenvalue weighted by Gasteiger charge is 2.24. The van der Waals surface area contributed by atoms with Crippen molar-refractivity contribution in [2.24, 2.45) is 0 Å². The number of ether oxygens (including phenoxy) is 2. The van der Waals surface area contributed by atoms with Gasteiger partial charge in [-0.2, -0.15) is 0 Å². The second kappa shape index (κ2) is 9.24. The lowest BCUT2D eigenvalue weighted by atomic mass is 10.0. The van der Waals surface area contributed by atoms with Gasteiger partial charge in [0.2, 0.25) is 0 Å². The zero-order valence-electron chi connectivity index (χ0n) is 18.2. The molecule has 3 aromatic rings. The van der Waals surface area contributed by atoms with Crippen molar-refractivity contribution >= 4 is 22.3 Å². The maximum absolute atomic E-state index is 14.7. The van der Waals surface area contributed by atoms with Gasteiger partial charge in [0, 0.05) is 41.5 Å². The van der Waals surface area contributed by atoms with Gasteiger partial charge in [0.25, 0.3) is 6.43 Å². The Morgan fingerprint density at radius 3 is 2.72 bits per heavy atom. The molecule has 1 N–H and O–H groups in total. The summed E-state index contributed by atoms with van der Waals surface area (Å²) in [6.07, 6.45) is -1.21. The van der Waals surface area contributed by atoms with Crippen molar-refractivity contribution in [2.75, 3.05) is 37.1 Å². The minimum absolute atomic E-state index is 0.174. The largest absolute Gasteiger partial charge is 0.495 e. The third-order valence-corrected chi connectivity index (χ3v) is 5.85. The van der Waals surface area contributed by atoms with E-state index in [1.54, 1.807) is 26.3 Å². The van der Waals surface area contributed by atoms with E-state index in [4.69, 9.17) is 9.47 Å². The van der Waals surface area contributed by atoms with Crippen LogP contribution in [0.25, 0.3) is 10.9 Å². The number of halogens is 3. The molecule has 0 aliphatic carbocycles. The molecule has 1 saturated heterocycles. The van der Waals surface area contributed by atoms with Crippen molar-refractivity contribution in [3.63, 3.8) is 0 Å². The Kier molecular flexibility index (Phi) is 6.41. The number of pyridine rings is 1. The van der Waals surface area contributed by atoms with Crippen molar-refractivity contribution in [2.45, 2.75) is 32.4 Å². The normalized spacial score (nSPS) is 17.6. The van der Waals surface area contributed by atoms with Gasteiger partial charge >= 0.3 is 0 Å². The fourth-order valence-corrected chi connectivity index (χ4v) is 4.14. The highest BCUT2D eigenvalue weighted by molar-refractivity contribution is 5.95. The maximum Gasteiger partial charge on any atom is 0.266 e. The zero-order chi connectivity index (χ0) is 22.8.